The molecule has 160 valence electrons. The van der Waals surface area contributed by atoms with Gasteiger partial charge in [0.05, 0.1) is 9.82 Å². The summed E-state index contributed by atoms with van der Waals surface area (Å²) in [6.45, 7) is 2.65. The van der Waals surface area contributed by atoms with Crippen LogP contribution in [0.4, 0.5) is 5.69 Å². The topological polar surface area (TPSA) is 119 Å². The first kappa shape index (κ1) is 21.5. The molecule has 0 radical (unpaired) electrons. The molecule has 0 bridgehead atoms. The third-order valence-electron chi connectivity index (χ3n) is 5.57. The lowest BCUT2D eigenvalue weighted by Gasteiger charge is -2.26. The van der Waals surface area contributed by atoms with Crippen LogP contribution in [0.25, 0.3) is 0 Å². The number of benzene rings is 1. The summed E-state index contributed by atoms with van der Waals surface area (Å²) < 4.78 is 31.9. The quantitative estimate of drug-likeness (QED) is 0.529. The number of nitro groups is 1. The van der Waals surface area contributed by atoms with Crippen LogP contribution in [0.1, 0.15) is 45.4 Å². The van der Waals surface area contributed by atoms with Crippen LogP contribution < -0.4 is 10.1 Å². The van der Waals surface area contributed by atoms with Gasteiger partial charge >= 0.3 is 5.69 Å². The average molecular weight is 426 g/mol. The number of amides is 1. The lowest BCUT2D eigenvalue weighted by atomic mass is 9.87. The van der Waals surface area contributed by atoms with Gasteiger partial charge in [0, 0.05) is 25.2 Å². The first-order valence-electron chi connectivity index (χ1n) is 9.98. The highest BCUT2D eigenvalue weighted by atomic mass is 32.2. The van der Waals surface area contributed by atoms with Crippen molar-refractivity contribution >= 4 is 21.6 Å². The number of carbonyl (C=O) groups is 1. The van der Waals surface area contributed by atoms with Crippen LogP contribution in [-0.4, -0.2) is 49.3 Å². The molecule has 0 aromatic heterocycles. The summed E-state index contributed by atoms with van der Waals surface area (Å²) in [5, 5.41) is 14.3. The Morgan fingerprint density at radius 1 is 1.24 bits per heavy atom. The molecule has 2 fully saturated rings. The van der Waals surface area contributed by atoms with Crippen molar-refractivity contribution in [2.24, 2.45) is 5.92 Å². The largest absolute Gasteiger partial charge is 0.477 e. The summed E-state index contributed by atoms with van der Waals surface area (Å²) in [4.78, 5) is 22.7. The second kappa shape index (κ2) is 9.08. The molecule has 9 nitrogen and oxygen atoms in total. The second-order valence-corrected chi connectivity index (χ2v) is 9.75. The van der Waals surface area contributed by atoms with Crippen molar-refractivity contribution in [2.75, 3.05) is 19.7 Å². The molecule has 10 heteroatoms. The van der Waals surface area contributed by atoms with Gasteiger partial charge < -0.3 is 10.1 Å². The maximum absolute atomic E-state index is 12.6. The molecule has 1 saturated carbocycles. The Morgan fingerprint density at radius 3 is 2.52 bits per heavy atom. The minimum absolute atomic E-state index is 0.102. The molecule has 1 aromatic carbocycles. The third kappa shape index (κ3) is 5.24. The van der Waals surface area contributed by atoms with Crippen LogP contribution in [0.5, 0.6) is 5.75 Å². The number of carbonyl (C=O) groups excluding carboxylic acids is 1. The Morgan fingerprint density at radius 2 is 1.90 bits per heavy atom. The van der Waals surface area contributed by atoms with E-state index >= 15 is 0 Å². The van der Waals surface area contributed by atoms with Crippen molar-refractivity contribution in [1.29, 1.82) is 0 Å². The van der Waals surface area contributed by atoms with Gasteiger partial charge in [-0.3, -0.25) is 14.9 Å². The van der Waals surface area contributed by atoms with E-state index in [9.17, 15) is 23.3 Å². The van der Waals surface area contributed by atoms with E-state index in [1.165, 1.54) is 16.4 Å². The first-order chi connectivity index (χ1) is 13.8. The molecule has 0 atom stereocenters. The Bertz CT molecular complexity index is 859. The number of nitrogens with one attached hydrogen (secondary N) is 1. The van der Waals surface area contributed by atoms with Crippen molar-refractivity contribution in [3.63, 3.8) is 0 Å². The Kier molecular flexibility index (Phi) is 6.74. The molecule has 2 aliphatic rings. The lowest BCUT2D eigenvalue weighted by molar-refractivity contribution is -0.386. The van der Waals surface area contributed by atoms with Crippen molar-refractivity contribution in [1.82, 2.24) is 9.62 Å². The van der Waals surface area contributed by atoms with Crippen LogP contribution in [0.15, 0.2) is 23.1 Å². The molecule has 1 saturated heterocycles. The van der Waals surface area contributed by atoms with Crippen LogP contribution in [0, 0.1) is 16.0 Å². The van der Waals surface area contributed by atoms with Crippen LogP contribution in [-0.2, 0) is 14.8 Å². The fourth-order valence-electron chi connectivity index (χ4n) is 3.82. The predicted molar refractivity (Wildman–Crippen MR) is 106 cm³/mol. The molecule has 0 unspecified atom stereocenters. The van der Waals surface area contributed by atoms with E-state index < -0.39 is 20.6 Å². The molecule has 0 spiro atoms. The Balaban J connectivity index is 1.66. The minimum atomic E-state index is -3.77. The zero-order valence-corrected chi connectivity index (χ0v) is 17.3. The maximum Gasteiger partial charge on any atom is 0.312 e. The number of sulfonamides is 1. The van der Waals surface area contributed by atoms with E-state index in [1.54, 1.807) is 0 Å². The Hall–Kier alpha value is -2.20. The normalized spacial score (nSPS) is 22.9. The summed E-state index contributed by atoms with van der Waals surface area (Å²) in [6.07, 6.45) is 5.50. The highest BCUT2D eigenvalue weighted by molar-refractivity contribution is 7.89. The summed E-state index contributed by atoms with van der Waals surface area (Å²) in [5.74, 6) is 0.202. The van der Waals surface area contributed by atoms with Gasteiger partial charge in [0.15, 0.2) is 12.4 Å². The van der Waals surface area contributed by atoms with Crippen molar-refractivity contribution in [3.8, 4) is 5.75 Å². The Labute approximate surface area is 170 Å². The van der Waals surface area contributed by atoms with Gasteiger partial charge in [-0.25, -0.2) is 8.42 Å². The molecule has 1 aliphatic carbocycles. The average Bonchev–Trinajstić information content (AvgIpc) is 3.23. The van der Waals surface area contributed by atoms with Gasteiger partial charge in [-0.05, 0) is 56.6 Å². The van der Waals surface area contributed by atoms with E-state index in [0.29, 0.717) is 19.0 Å². The molecule has 1 amide bonds. The maximum atomic E-state index is 12.6. The fourth-order valence-corrected chi connectivity index (χ4v) is 5.35. The minimum Gasteiger partial charge on any atom is -0.477 e. The molecule has 1 aliphatic heterocycles. The number of nitro benzene ring substituents is 1. The monoisotopic (exact) mass is 425 g/mol. The van der Waals surface area contributed by atoms with Crippen molar-refractivity contribution < 1.29 is 22.9 Å². The standard InChI is InChI=1S/C19H27N3O6S/c1-14-4-6-15(7-5-14)20-19(23)13-28-18-9-8-16(12-17(18)22(24)25)29(26,27)21-10-2-3-11-21/h8-9,12,14-15H,2-7,10-11,13H2,1H3,(H,20,23). The third-order valence-corrected chi connectivity index (χ3v) is 7.46. The molecule has 1 N–H and O–H groups in total. The molecular weight excluding hydrogens is 398 g/mol. The summed E-state index contributed by atoms with van der Waals surface area (Å²) in [7, 11) is -3.77. The molecule has 29 heavy (non-hydrogen) atoms. The van der Waals surface area contributed by atoms with Gasteiger partial charge in [0.2, 0.25) is 10.0 Å². The van der Waals surface area contributed by atoms with Gasteiger partial charge in [-0.1, -0.05) is 6.92 Å². The van der Waals surface area contributed by atoms with E-state index in [2.05, 4.69) is 12.2 Å². The second-order valence-electron chi connectivity index (χ2n) is 7.81. The highest BCUT2D eigenvalue weighted by Crippen LogP contribution is 2.32. The number of ether oxygens (including phenoxy) is 1. The number of rotatable bonds is 7. The smallest absolute Gasteiger partial charge is 0.312 e. The van der Waals surface area contributed by atoms with Crippen LogP contribution in [0.2, 0.25) is 0 Å². The molecule has 3 rings (SSSR count). The summed E-state index contributed by atoms with van der Waals surface area (Å²) in [6, 6.07) is 3.64. The van der Waals surface area contributed by atoms with Crippen molar-refractivity contribution in [2.45, 2.75) is 56.4 Å². The van der Waals surface area contributed by atoms with Gasteiger partial charge in [0.1, 0.15) is 0 Å². The number of hydrogen-bond donors (Lipinski definition) is 1. The van der Waals surface area contributed by atoms with E-state index in [0.717, 1.165) is 44.6 Å². The first-order valence-corrected chi connectivity index (χ1v) is 11.4. The zero-order valence-electron chi connectivity index (χ0n) is 16.5. The van der Waals surface area contributed by atoms with Crippen LogP contribution >= 0.6 is 0 Å². The summed E-state index contributed by atoms with van der Waals surface area (Å²) in [5.41, 5.74) is -0.468. The zero-order chi connectivity index (χ0) is 21.0. The SMILES string of the molecule is CC1CCC(NC(=O)COc2ccc(S(=O)(=O)N3CCCC3)cc2[N+](=O)[O-])CC1. The fraction of sp³-hybridized carbons (Fsp3) is 0.632. The predicted octanol–water partition coefficient (Wildman–Crippen LogP) is 2.45. The van der Waals surface area contributed by atoms with E-state index in [-0.39, 0.29) is 29.2 Å². The molecule has 1 aromatic rings. The van der Waals surface area contributed by atoms with E-state index in [4.69, 9.17) is 4.74 Å². The number of nitrogens with zero attached hydrogens (tertiary/aromatic N) is 2. The van der Waals surface area contributed by atoms with Gasteiger partial charge in [-0.2, -0.15) is 4.31 Å². The lowest BCUT2D eigenvalue weighted by Crippen LogP contribution is -2.39. The van der Waals surface area contributed by atoms with Gasteiger partial charge in [-0.15, -0.1) is 0 Å². The highest BCUT2D eigenvalue weighted by Gasteiger charge is 2.30. The summed E-state index contributed by atoms with van der Waals surface area (Å²) >= 11 is 0. The van der Waals surface area contributed by atoms with E-state index in [1.807, 2.05) is 0 Å². The van der Waals surface area contributed by atoms with Crippen molar-refractivity contribution in [3.05, 3.63) is 28.3 Å². The molecular formula is C19H27N3O6S. The molecule has 1 heterocycles. The number of hydrogen-bond acceptors (Lipinski definition) is 6. The van der Waals surface area contributed by atoms with Crippen LogP contribution in [0.3, 0.4) is 0 Å². The van der Waals surface area contributed by atoms with Gasteiger partial charge in [0.25, 0.3) is 5.91 Å².